The zero-order valence-corrected chi connectivity index (χ0v) is 12.8. The fraction of sp³-hybridized carbons (Fsp3) is 0.471. The van der Waals surface area contributed by atoms with E-state index in [0.29, 0.717) is 19.2 Å². The molecule has 21 heavy (non-hydrogen) atoms. The Hall–Kier alpha value is -1.97. The molecular weight excluding hydrogens is 262 g/mol. The number of hydrogen-bond acceptors (Lipinski definition) is 2. The van der Waals surface area contributed by atoms with E-state index in [1.165, 1.54) is 19.3 Å². The van der Waals surface area contributed by atoms with Crippen molar-refractivity contribution in [2.45, 2.75) is 38.8 Å². The maximum absolute atomic E-state index is 6.03. The van der Waals surface area contributed by atoms with Crippen molar-refractivity contribution in [3.05, 3.63) is 42.5 Å². The number of ether oxygens (including phenoxy) is 1. The molecule has 0 amide bonds. The van der Waals surface area contributed by atoms with Crippen LogP contribution in [0.1, 0.15) is 31.7 Å². The average Bonchev–Trinajstić information content (AvgIpc) is 2.47. The van der Waals surface area contributed by atoms with Crippen LogP contribution in [0, 0.1) is 0 Å². The lowest BCUT2D eigenvalue weighted by Gasteiger charge is -2.27. The molecule has 0 saturated heterocycles. The van der Waals surface area contributed by atoms with Crippen LogP contribution >= 0.6 is 0 Å². The summed E-state index contributed by atoms with van der Waals surface area (Å²) >= 11 is 0. The van der Waals surface area contributed by atoms with Crippen molar-refractivity contribution in [1.82, 2.24) is 10.6 Å². The number of para-hydroxylation sites is 1. The van der Waals surface area contributed by atoms with Gasteiger partial charge in [-0.15, -0.1) is 6.58 Å². The molecule has 114 valence electrons. The largest absolute Gasteiger partial charge is 0.490 e. The van der Waals surface area contributed by atoms with Gasteiger partial charge in [0, 0.05) is 18.7 Å². The Bertz CT molecular complexity index is 481. The van der Waals surface area contributed by atoms with E-state index in [0.717, 1.165) is 23.8 Å². The van der Waals surface area contributed by atoms with Gasteiger partial charge in [0.05, 0.1) is 12.6 Å². The highest BCUT2D eigenvalue weighted by Gasteiger charge is 2.20. The average molecular weight is 287 g/mol. The highest BCUT2D eigenvalue weighted by atomic mass is 16.5. The molecule has 0 atom stereocenters. The van der Waals surface area contributed by atoms with Gasteiger partial charge in [0.2, 0.25) is 0 Å². The van der Waals surface area contributed by atoms with Crippen LogP contribution in [0.3, 0.4) is 0 Å². The number of aliphatic imine (C=N–C) groups is 1. The molecule has 1 aliphatic rings. The number of nitrogens with zero attached hydrogens (tertiary/aromatic N) is 1. The molecule has 1 saturated carbocycles. The van der Waals surface area contributed by atoms with Gasteiger partial charge in [-0.05, 0) is 32.3 Å². The van der Waals surface area contributed by atoms with E-state index in [-0.39, 0.29) is 0 Å². The normalized spacial score (nSPS) is 15.2. The molecule has 1 aromatic carbocycles. The third-order valence-electron chi connectivity index (χ3n) is 3.48. The van der Waals surface area contributed by atoms with Crippen LogP contribution in [0.15, 0.2) is 41.9 Å². The quantitative estimate of drug-likeness (QED) is 0.460. The molecule has 4 heteroatoms. The van der Waals surface area contributed by atoms with E-state index in [1.807, 2.05) is 24.3 Å². The lowest BCUT2D eigenvalue weighted by molar-refractivity contribution is 0.119. The van der Waals surface area contributed by atoms with Gasteiger partial charge in [-0.1, -0.05) is 24.3 Å². The van der Waals surface area contributed by atoms with E-state index >= 15 is 0 Å². The first kappa shape index (κ1) is 15.4. The maximum atomic E-state index is 6.03. The van der Waals surface area contributed by atoms with Crippen LogP contribution < -0.4 is 15.4 Å². The smallest absolute Gasteiger partial charge is 0.191 e. The van der Waals surface area contributed by atoms with Gasteiger partial charge in [0.1, 0.15) is 5.75 Å². The molecule has 0 aliphatic heterocycles. The van der Waals surface area contributed by atoms with E-state index in [1.54, 1.807) is 0 Å². The minimum absolute atomic E-state index is 0.391. The molecule has 0 heterocycles. The van der Waals surface area contributed by atoms with Crippen LogP contribution in [0.25, 0.3) is 0 Å². The summed E-state index contributed by atoms with van der Waals surface area (Å²) in [7, 11) is 0. The second kappa shape index (κ2) is 8.35. The lowest BCUT2D eigenvalue weighted by Crippen LogP contribution is -2.37. The Morgan fingerprint density at radius 3 is 2.86 bits per heavy atom. The highest BCUT2D eigenvalue weighted by molar-refractivity contribution is 5.79. The summed E-state index contributed by atoms with van der Waals surface area (Å²) < 4.78 is 6.03. The Labute approximate surface area is 127 Å². The fourth-order valence-electron chi connectivity index (χ4n) is 2.09. The van der Waals surface area contributed by atoms with Crippen molar-refractivity contribution in [2.24, 2.45) is 4.99 Å². The van der Waals surface area contributed by atoms with Crippen LogP contribution in [-0.4, -0.2) is 25.2 Å². The van der Waals surface area contributed by atoms with Crippen LogP contribution in [0.5, 0.6) is 5.75 Å². The van der Waals surface area contributed by atoms with Crippen LogP contribution in [0.2, 0.25) is 0 Å². The number of hydrogen-bond donors (Lipinski definition) is 2. The van der Waals surface area contributed by atoms with Crippen LogP contribution in [0.4, 0.5) is 0 Å². The lowest BCUT2D eigenvalue weighted by atomic mass is 9.96. The Morgan fingerprint density at radius 1 is 1.38 bits per heavy atom. The first-order valence-electron chi connectivity index (χ1n) is 7.71. The van der Waals surface area contributed by atoms with E-state index in [4.69, 9.17) is 4.74 Å². The molecule has 2 rings (SSSR count). The molecule has 4 nitrogen and oxygen atoms in total. The second-order valence-corrected chi connectivity index (χ2v) is 5.14. The number of guanidine groups is 1. The summed E-state index contributed by atoms with van der Waals surface area (Å²) in [5.41, 5.74) is 1.13. The summed E-state index contributed by atoms with van der Waals surface area (Å²) in [4.78, 5) is 4.60. The topological polar surface area (TPSA) is 45.7 Å². The minimum Gasteiger partial charge on any atom is -0.490 e. The van der Waals surface area contributed by atoms with Gasteiger partial charge in [-0.25, -0.2) is 4.99 Å². The molecule has 0 bridgehead atoms. The summed E-state index contributed by atoms with van der Waals surface area (Å²) in [6, 6.07) is 8.16. The molecule has 1 aromatic rings. The molecule has 0 spiro atoms. The summed E-state index contributed by atoms with van der Waals surface area (Å²) in [5, 5.41) is 6.42. The zero-order chi connectivity index (χ0) is 14.9. The predicted molar refractivity (Wildman–Crippen MR) is 87.7 cm³/mol. The van der Waals surface area contributed by atoms with Gasteiger partial charge in [-0.3, -0.25) is 0 Å². The van der Waals surface area contributed by atoms with Crippen LogP contribution in [-0.2, 0) is 6.54 Å². The van der Waals surface area contributed by atoms with Crippen molar-refractivity contribution in [2.75, 3.05) is 13.1 Å². The molecule has 0 aromatic heterocycles. The van der Waals surface area contributed by atoms with Crippen molar-refractivity contribution in [3.8, 4) is 5.75 Å². The number of nitrogens with one attached hydrogen (secondary N) is 2. The number of benzene rings is 1. The molecule has 1 fully saturated rings. The van der Waals surface area contributed by atoms with Gasteiger partial charge in [0.15, 0.2) is 5.96 Å². The SMILES string of the molecule is C=CCNC(=NCc1ccccc1OC1CCC1)NCC. The molecular formula is C17H25N3O. The van der Waals surface area contributed by atoms with Gasteiger partial charge in [-0.2, -0.15) is 0 Å². The zero-order valence-electron chi connectivity index (χ0n) is 12.8. The van der Waals surface area contributed by atoms with Crippen molar-refractivity contribution < 1.29 is 4.74 Å². The summed E-state index contributed by atoms with van der Waals surface area (Å²) in [6.07, 6.45) is 5.83. The third-order valence-corrected chi connectivity index (χ3v) is 3.48. The van der Waals surface area contributed by atoms with Crippen molar-refractivity contribution in [1.29, 1.82) is 0 Å². The monoisotopic (exact) mass is 287 g/mol. The predicted octanol–water partition coefficient (Wildman–Crippen LogP) is 2.86. The Balaban J connectivity index is 2.00. The summed E-state index contributed by atoms with van der Waals surface area (Å²) in [5.74, 6) is 1.77. The molecule has 1 aliphatic carbocycles. The number of rotatable bonds is 7. The summed E-state index contributed by atoms with van der Waals surface area (Å²) in [6.45, 7) is 7.91. The Morgan fingerprint density at radius 2 is 2.19 bits per heavy atom. The Kier molecular flexibility index (Phi) is 6.13. The molecule has 0 radical (unpaired) electrons. The first-order chi connectivity index (χ1) is 10.3. The minimum atomic E-state index is 0.391. The van der Waals surface area contributed by atoms with Gasteiger partial charge in [0.25, 0.3) is 0 Å². The third kappa shape index (κ3) is 4.81. The first-order valence-corrected chi connectivity index (χ1v) is 7.71. The second-order valence-electron chi connectivity index (χ2n) is 5.14. The van der Waals surface area contributed by atoms with Gasteiger partial charge < -0.3 is 15.4 Å². The van der Waals surface area contributed by atoms with Gasteiger partial charge >= 0.3 is 0 Å². The van der Waals surface area contributed by atoms with Crippen molar-refractivity contribution in [3.63, 3.8) is 0 Å². The van der Waals surface area contributed by atoms with E-state index in [9.17, 15) is 0 Å². The van der Waals surface area contributed by atoms with E-state index < -0.39 is 0 Å². The maximum Gasteiger partial charge on any atom is 0.191 e. The van der Waals surface area contributed by atoms with Crippen molar-refractivity contribution >= 4 is 5.96 Å². The highest BCUT2D eigenvalue weighted by Crippen LogP contribution is 2.27. The fourth-order valence-corrected chi connectivity index (χ4v) is 2.09. The molecule has 2 N–H and O–H groups in total. The standard InChI is InChI=1S/C17H25N3O/c1-3-12-19-17(18-4-2)20-13-14-8-5-6-11-16(14)21-15-9-7-10-15/h3,5-6,8,11,15H,1,4,7,9-10,12-13H2,2H3,(H2,18,19,20). The van der Waals surface area contributed by atoms with E-state index in [2.05, 4.69) is 35.2 Å². The molecule has 0 unspecified atom stereocenters.